The molecule has 0 aliphatic heterocycles. The van der Waals surface area contributed by atoms with Crippen LogP contribution in [-0.2, 0) is 29.3 Å². The van der Waals surface area contributed by atoms with Crippen molar-refractivity contribution in [2.75, 3.05) is 14.1 Å². The molecule has 0 aromatic heterocycles. The number of rotatable bonds is 4. The zero-order chi connectivity index (χ0) is 32.8. The number of amides is 1. The molecule has 14 heteroatoms. The molecule has 14 nitrogen and oxygen atoms in total. The second-order valence-electron chi connectivity index (χ2n) is 12.5. The number of phenols is 1. The van der Waals surface area contributed by atoms with E-state index in [0.717, 1.165) is 0 Å². The molecule has 0 spiro atoms. The van der Waals surface area contributed by atoms with E-state index >= 15 is 0 Å². The van der Waals surface area contributed by atoms with Crippen molar-refractivity contribution < 1.29 is 39.2 Å². The van der Waals surface area contributed by atoms with E-state index in [1.54, 1.807) is 32.9 Å². The average Bonchev–Trinajstić information content (AvgIpc) is 2.88. The molecule has 1 aromatic rings. The molecular weight excluding hydrogens is 560 g/mol. The Morgan fingerprint density at radius 2 is 1.72 bits per heavy atom. The molecule has 43 heavy (non-hydrogen) atoms. The number of hydrogen-bond acceptors (Lipinski definition) is 13. The second-order valence-corrected chi connectivity index (χ2v) is 12.5. The van der Waals surface area contributed by atoms with E-state index < -0.39 is 92.0 Å². The molecule has 3 aliphatic carbocycles. The SMILES string of the molecule is CCC(=O)O[C@H]1[C@@]2(N)C(=C(O)c3c(ccc(C(C)(C)C)c3O)[C@@H]2N)C(=O)[C@]2(C#N)C(O)=C(C(N)=O)C(=O)[C@@H](N(C)C)[C@]12N. The number of fused-ring (bicyclic) bond motifs is 3. The highest BCUT2D eigenvalue weighted by atomic mass is 16.5. The molecule has 4 rings (SSSR count). The molecule has 0 radical (unpaired) electrons. The molecule has 1 saturated carbocycles. The van der Waals surface area contributed by atoms with Gasteiger partial charge in [-0.3, -0.25) is 24.1 Å². The number of nitriles is 1. The molecule has 1 aromatic carbocycles. The lowest BCUT2D eigenvalue weighted by Gasteiger charge is -2.62. The molecule has 0 bridgehead atoms. The van der Waals surface area contributed by atoms with Crippen LogP contribution in [0.3, 0.4) is 0 Å². The predicted molar refractivity (Wildman–Crippen MR) is 152 cm³/mol. The molecule has 11 N–H and O–H groups in total. The van der Waals surface area contributed by atoms with Crippen molar-refractivity contribution >= 4 is 29.2 Å². The van der Waals surface area contributed by atoms with Crippen molar-refractivity contribution in [3.63, 3.8) is 0 Å². The van der Waals surface area contributed by atoms with Crippen LogP contribution < -0.4 is 22.9 Å². The summed E-state index contributed by atoms with van der Waals surface area (Å²) in [6.45, 7) is 6.82. The highest BCUT2D eigenvalue weighted by Gasteiger charge is 2.81. The van der Waals surface area contributed by atoms with Crippen LogP contribution in [0.1, 0.15) is 56.8 Å². The summed E-state index contributed by atoms with van der Waals surface area (Å²) in [7, 11) is 2.69. The summed E-state index contributed by atoms with van der Waals surface area (Å²) in [5, 5.41) is 45.3. The van der Waals surface area contributed by atoms with Crippen LogP contribution in [0.4, 0.5) is 0 Å². The molecule has 1 fully saturated rings. The van der Waals surface area contributed by atoms with Crippen molar-refractivity contribution in [2.45, 2.75) is 68.8 Å². The number of Topliss-reactive ketones (excluding diaryl/α,β-unsaturated/α-hetero) is 2. The van der Waals surface area contributed by atoms with Gasteiger partial charge in [0.25, 0.3) is 5.91 Å². The van der Waals surface area contributed by atoms with Gasteiger partial charge in [-0.2, -0.15) is 5.26 Å². The third kappa shape index (κ3) is 3.65. The van der Waals surface area contributed by atoms with Crippen LogP contribution in [0.2, 0.25) is 0 Å². The highest BCUT2D eigenvalue weighted by molar-refractivity contribution is 6.26. The van der Waals surface area contributed by atoms with Gasteiger partial charge < -0.3 is 43.0 Å². The number of benzene rings is 1. The first-order chi connectivity index (χ1) is 19.7. The maximum atomic E-state index is 14.7. The van der Waals surface area contributed by atoms with E-state index in [9.17, 15) is 39.8 Å². The van der Waals surface area contributed by atoms with Crippen molar-refractivity contribution in [3.8, 4) is 11.8 Å². The topological polar surface area (TPSA) is 269 Å². The fourth-order valence-electron chi connectivity index (χ4n) is 6.87. The minimum absolute atomic E-state index is 0.0498. The summed E-state index contributed by atoms with van der Waals surface area (Å²) in [6.07, 6.45) is -2.31. The number of aliphatic hydroxyl groups is 2. The average molecular weight is 597 g/mol. The molecule has 3 aliphatic rings. The van der Waals surface area contributed by atoms with Gasteiger partial charge >= 0.3 is 5.97 Å². The van der Waals surface area contributed by atoms with E-state index in [1.165, 1.54) is 32.0 Å². The number of ketones is 2. The highest BCUT2D eigenvalue weighted by Crippen LogP contribution is 2.61. The number of aromatic hydroxyl groups is 1. The number of carbonyl (C=O) groups excluding carboxylic acids is 4. The fraction of sp³-hybridized carbons (Fsp3) is 0.483. The maximum absolute atomic E-state index is 14.7. The molecule has 0 saturated heterocycles. The van der Waals surface area contributed by atoms with E-state index in [2.05, 4.69) is 0 Å². The Bertz CT molecular complexity index is 1600. The van der Waals surface area contributed by atoms with Crippen molar-refractivity contribution in [3.05, 3.63) is 45.7 Å². The van der Waals surface area contributed by atoms with Crippen LogP contribution in [0.5, 0.6) is 5.75 Å². The number of ether oxygens (including phenoxy) is 1. The van der Waals surface area contributed by atoms with Crippen molar-refractivity contribution in [2.24, 2.45) is 28.3 Å². The van der Waals surface area contributed by atoms with E-state index in [-0.39, 0.29) is 17.5 Å². The molecule has 0 unspecified atom stereocenters. The van der Waals surface area contributed by atoms with Gasteiger partial charge in [0.05, 0.1) is 29.3 Å². The lowest BCUT2D eigenvalue weighted by Crippen LogP contribution is -2.88. The lowest BCUT2D eigenvalue weighted by atomic mass is 9.44. The molecule has 6 atom stereocenters. The van der Waals surface area contributed by atoms with Gasteiger partial charge in [0, 0.05) is 12.0 Å². The van der Waals surface area contributed by atoms with Crippen LogP contribution in [0.25, 0.3) is 5.76 Å². The van der Waals surface area contributed by atoms with Gasteiger partial charge in [0.2, 0.25) is 5.41 Å². The van der Waals surface area contributed by atoms with Gasteiger partial charge in [0.1, 0.15) is 40.0 Å². The summed E-state index contributed by atoms with van der Waals surface area (Å²) < 4.78 is 5.77. The van der Waals surface area contributed by atoms with E-state index in [0.29, 0.717) is 5.56 Å². The Morgan fingerprint density at radius 3 is 2.19 bits per heavy atom. The fourth-order valence-corrected chi connectivity index (χ4v) is 6.87. The zero-order valence-electron chi connectivity index (χ0n) is 24.7. The molecular formula is C29H36N6O8. The number of esters is 1. The minimum atomic E-state index is -3.06. The Hall–Kier alpha value is -4.29. The standard InChI is InChI=1S/C29H36N6O8/c1-7-13(36)43-25-28(33)16(18(38)14-11(20(28)31)8-9-12(17(14)37)26(2,3)4)23(41)27(10-30)22(40)15(24(32)42)19(39)21(35(5)6)29(25,27)34/h8-9,20-21,25,37-38,40H,7,31,33-34H2,1-6H3,(H2,32,42)/t20-,21+,25-,27-,28+,29-/m0/s1. The quantitative estimate of drug-likeness (QED) is 0.172. The number of nitrogens with two attached hydrogens (primary N) is 4. The normalized spacial score (nSPS) is 32.2. The summed E-state index contributed by atoms with van der Waals surface area (Å²) >= 11 is 0. The van der Waals surface area contributed by atoms with Gasteiger partial charge in [-0.1, -0.05) is 39.8 Å². The monoisotopic (exact) mass is 596 g/mol. The van der Waals surface area contributed by atoms with Gasteiger partial charge in [-0.15, -0.1) is 0 Å². The van der Waals surface area contributed by atoms with Crippen molar-refractivity contribution in [1.29, 1.82) is 5.26 Å². The molecule has 1 amide bonds. The van der Waals surface area contributed by atoms with Crippen LogP contribution >= 0.6 is 0 Å². The predicted octanol–water partition coefficient (Wildman–Crippen LogP) is -0.408. The number of carbonyl (C=O) groups is 4. The number of aliphatic hydroxyl groups excluding tert-OH is 2. The summed E-state index contributed by atoms with van der Waals surface area (Å²) in [4.78, 5) is 55.1. The summed E-state index contributed by atoms with van der Waals surface area (Å²) in [5.74, 6) is -7.69. The largest absolute Gasteiger partial charge is 0.509 e. The molecule has 230 valence electrons. The van der Waals surface area contributed by atoms with Crippen LogP contribution in [0.15, 0.2) is 29.0 Å². The third-order valence-electron chi connectivity index (χ3n) is 8.87. The molecule has 0 heterocycles. The zero-order valence-corrected chi connectivity index (χ0v) is 24.7. The number of primary amides is 1. The van der Waals surface area contributed by atoms with Crippen LogP contribution in [-0.4, -0.2) is 81.0 Å². The Kier molecular flexibility index (Phi) is 7.07. The number of nitrogens with zero attached hydrogens (tertiary/aromatic N) is 2. The first-order valence-corrected chi connectivity index (χ1v) is 13.5. The van der Waals surface area contributed by atoms with E-state index in [1.807, 2.05) is 0 Å². The van der Waals surface area contributed by atoms with Gasteiger partial charge in [0.15, 0.2) is 11.6 Å². The van der Waals surface area contributed by atoms with Gasteiger partial charge in [-0.05, 0) is 25.1 Å². The van der Waals surface area contributed by atoms with Crippen LogP contribution in [0, 0.1) is 16.7 Å². The maximum Gasteiger partial charge on any atom is 0.305 e. The number of phenolic OH excluding ortho intramolecular Hbond substituents is 1. The van der Waals surface area contributed by atoms with E-state index in [4.69, 9.17) is 27.7 Å². The Labute approximate surface area is 247 Å². The first kappa shape index (κ1) is 31.6. The second kappa shape index (κ2) is 9.61. The summed E-state index contributed by atoms with van der Waals surface area (Å²) in [5.41, 5.74) is 15.5. The minimum Gasteiger partial charge on any atom is -0.509 e. The third-order valence-corrected chi connectivity index (χ3v) is 8.87. The van der Waals surface area contributed by atoms with Crippen molar-refractivity contribution in [1.82, 2.24) is 4.90 Å². The number of hydrogen-bond donors (Lipinski definition) is 7. The number of likely N-dealkylation sites (N-methyl/N-ethyl adjacent to an activating group) is 1. The first-order valence-electron chi connectivity index (χ1n) is 13.5. The Balaban J connectivity index is 2.28. The Morgan fingerprint density at radius 1 is 1.14 bits per heavy atom. The smallest absolute Gasteiger partial charge is 0.305 e. The lowest BCUT2D eigenvalue weighted by molar-refractivity contribution is -0.176. The van der Waals surface area contributed by atoms with Gasteiger partial charge in [-0.25, -0.2) is 0 Å². The summed E-state index contributed by atoms with van der Waals surface area (Å²) in [6, 6.07) is 1.37.